The van der Waals surface area contributed by atoms with E-state index in [2.05, 4.69) is 31.0 Å². The van der Waals surface area contributed by atoms with E-state index in [-0.39, 0.29) is 23.6 Å². The lowest BCUT2D eigenvalue weighted by Gasteiger charge is -2.19. The molecule has 36 heavy (non-hydrogen) atoms. The first kappa shape index (κ1) is 25.0. The van der Waals surface area contributed by atoms with E-state index >= 15 is 0 Å². The standard InChI is InChI=1S/C29H31N3O4/c1-29(2,3)21-14-16-23(17-15-21)36-20-26(33)30-31-27-24-12-7-8-13-25(24)32(28(27)34)18-9-19-35-22-10-5-4-6-11-22/h4-8,10-17,34H,9,18-20H2,1-3H3. The van der Waals surface area contributed by atoms with Gasteiger partial charge in [0.2, 0.25) is 5.88 Å². The molecule has 0 unspecified atom stereocenters. The van der Waals surface area contributed by atoms with Gasteiger partial charge in [-0.3, -0.25) is 4.79 Å². The van der Waals surface area contributed by atoms with Gasteiger partial charge in [-0.15, -0.1) is 10.2 Å². The molecule has 4 rings (SSSR count). The van der Waals surface area contributed by atoms with E-state index in [0.29, 0.717) is 30.7 Å². The fourth-order valence-corrected chi connectivity index (χ4v) is 3.86. The van der Waals surface area contributed by atoms with E-state index in [1.54, 1.807) is 4.57 Å². The van der Waals surface area contributed by atoms with Crippen LogP contribution in [0.1, 0.15) is 32.8 Å². The van der Waals surface area contributed by atoms with Gasteiger partial charge in [-0.05, 0) is 47.7 Å². The molecule has 0 aliphatic rings. The average Bonchev–Trinajstić information content (AvgIpc) is 3.15. The number of amides is 1. The molecule has 0 bridgehead atoms. The number of rotatable bonds is 9. The molecular formula is C29H31N3O4. The molecule has 4 aromatic rings. The summed E-state index contributed by atoms with van der Waals surface area (Å²) in [5, 5.41) is 19.5. The van der Waals surface area contributed by atoms with Gasteiger partial charge in [-0.1, -0.05) is 69.3 Å². The molecule has 0 spiro atoms. The lowest BCUT2D eigenvalue weighted by atomic mass is 9.87. The number of nitrogens with zero attached hydrogens (tertiary/aromatic N) is 3. The molecule has 0 aliphatic carbocycles. The summed E-state index contributed by atoms with van der Waals surface area (Å²) in [4.78, 5) is 12.3. The summed E-state index contributed by atoms with van der Waals surface area (Å²) >= 11 is 0. The van der Waals surface area contributed by atoms with Crippen LogP contribution in [0.2, 0.25) is 0 Å². The number of carbonyl (C=O) groups is 1. The molecule has 1 heterocycles. The number of aromatic hydroxyl groups is 1. The molecule has 3 aromatic carbocycles. The zero-order valence-electron chi connectivity index (χ0n) is 20.8. The summed E-state index contributed by atoms with van der Waals surface area (Å²) in [7, 11) is 0. The Bertz CT molecular complexity index is 1340. The van der Waals surface area contributed by atoms with Crippen molar-refractivity contribution >= 4 is 22.5 Å². The van der Waals surface area contributed by atoms with Crippen LogP contribution in [0.25, 0.3) is 10.9 Å². The number of carbonyl (C=O) groups excluding carboxylic acids is 1. The summed E-state index contributed by atoms with van der Waals surface area (Å²) in [6.07, 6.45) is 0.679. The monoisotopic (exact) mass is 485 g/mol. The third-order valence-electron chi connectivity index (χ3n) is 5.80. The number of ether oxygens (including phenoxy) is 2. The van der Waals surface area contributed by atoms with Gasteiger partial charge in [0.15, 0.2) is 12.3 Å². The zero-order chi connectivity index (χ0) is 25.5. The highest BCUT2D eigenvalue weighted by atomic mass is 16.5. The zero-order valence-corrected chi connectivity index (χ0v) is 20.8. The van der Waals surface area contributed by atoms with Crippen LogP contribution in [0.3, 0.4) is 0 Å². The SMILES string of the molecule is CC(C)(C)c1ccc(OCC(=O)N=Nc2c(O)n(CCCOc3ccccc3)c3ccccc23)cc1. The third-order valence-corrected chi connectivity index (χ3v) is 5.80. The second-order valence-corrected chi connectivity index (χ2v) is 9.51. The number of azo groups is 1. The van der Waals surface area contributed by atoms with Crippen LogP contribution in [0, 0.1) is 0 Å². The van der Waals surface area contributed by atoms with E-state index < -0.39 is 5.91 Å². The minimum Gasteiger partial charge on any atom is -0.494 e. The van der Waals surface area contributed by atoms with Gasteiger partial charge >= 0.3 is 5.91 Å². The molecule has 7 nitrogen and oxygen atoms in total. The number of aromatic nitrogens is 1. The maximum Gasteiger partial charge on any atom is 0.302 e. The molecule has 0 saturated heterocycles. The highest BCUT2D eigenvalue weighted by molar-refractivity contribution is 5.95. The number of benzene rings is 3. The predicted molar refractivity (Wildman–Crippen MR) is 140 cm³/mol. The van der Waals surface area contributed by atoms with Crippen LogP contribution in [0.15, 0.2) is 89.1 Å². The number of aryl methyl sites for hydroxylation is 1. The van der Waals surface area contributed by atoms with Crippen molar-refractivity contribution in [1.82, 2.24) is 4.57 Å². The number of para-hydroxylation sites is 2. The van der Waals surface area contributed by atoms with Crippen LogP contribution in [-0.4, -0.2) is 28.8 Å². The van der Waals surface area contributed by atoms with Crippen molar-refractivity contribution in [1.29, 1.82) is 0 Å². The Morgan fingerprint density at radius 2 is 1.56 bits per heavy atom. The van der Waals surface area contributed by atoms with Gasteiger partial charge in [0.05, 0.1) is 12.1 Å². The van der Waals surface area contributed by atoms with Gasteiger partial charge in [-0.25, -0.2) is 0 Å². The quantitative estimate of drug-likeness (QED) is 0.209. The van der Waals surface area contributed by atoms with Crippen molar-refractivity contribution in [2.75, 3.05) is 13.2 Å². The van der Waals surface area contributed by atoms with Crippen molar-refractivity contribution in [3.63, 3.8) is 0 Å². The van der Waals surface area contributed by atoms with Crippen LogP contribution in [-0.2, 0) is 16.8 Å². The molecule has 7 heteroatoms. The first-order valence-corrected chi connectivity index (χ1v) is 12.0. The van der Waals surface area contributed by atoms with E-state index in [4.69, 9.17) is 9.47 Å². The average molecular weight is 486 g/mol. The van der Waals surface area contributed by atoms with Crippen molar-refractivity contribution in [2.45, 2.75) is 39.2 Å². The molecule has 1 amide bonds. The van der Waals surface area contributed by atoms with Gasteiger partial charge < -0.3 is 19.1 Å². The molecule has 0 fully saturated rings. The summed E-state index contributed by atoms with van der Waals surface area (Å²) < 4.78 is 13.1. The maximum atomic E-state index is 12.3. The molecule has 0 radical (unpaired) electrons. The Morgan fingerprint density at radius 1 is 0.889 bits per heavy atom. The van der Waals surface area contributed by atoms with Crippen molar-refractivity contribution < 1.29 is 19.4 Å². The Labute approximate surface area is 211 Å². The maximum absolute atomic E-state index is 12.3. The largest absolute Gasteiger partial charge is 0.494 e. The second kappa shape index (κ2) is 11.1. The van der Waals surface area contributed by atoms with Crippen LogP contribution < -0.4 is 9.47 Å². The molecule has 0 atom stereocenters. The van der Waals surface area contributed by atoms with Crippen LogP contribution >= 0.6 is 0 Å². The summed E-state index contributed by atoms with van der Waals surface area (Å²) in [5.41, 5.74) is 2.29. The summed E-state index contributed by atoms with van der Waals surface area (Å²) in [6, 6.07) is 24.7. The smallest absolute Gasteiger partial charge is 0.302 e. The van der Waals surface area contributed by atoms with E-state index in [1.807, 2.05) is 78.9 Å². The van der Waals surface area contributed by atoms with Gasteiger partial charge in [0.1, 0.15) is 11.5 Å². The number of hydrogen-bond donors (Lipinski definition) is 1. The lowest BCUT2D eigenvalue weighted by Crippen LogP contribution is -2.11. The molecule has 1 N–H and O–H groups in total. The fraction of sp³-hybridized carbons (Fsp3) is 0.276. The van der Waals surface area contributed by atoms with E-state index in [0.717, 1.165) is 11.3 Å². The van der Waals surface area contributed by atoms with E-state index in [9.17, 15) is 9.90 Å². The highest BCUT2D eigenvalue weighted by Crippen LogP contribution is 2.39. The topological polar surface area (TPSA) is 85.4 Å². The third kappa shape index (κ3) is 6.10. The van der Waals surface area contributed by atoms with Gasteiger partial charge in [-0.2, -0.15) is 0 Å². The normalized spacial score (nSPS) is 11.8. The fourth-order valence-electron chi connectivity index (χ4n) is 3.86. The van der Waals surface area contributed by atoms with Crippen molar-refractivity contribution in [2.24, 2.45) is 10.2 Å². The summed E-state index contributed by atoms with van der Waals surface area (Å²) in [6.45, 7) is 7.19. The van der Waals surface area contributed by atoms with Gasteiger partial charge in [0.25, 0.3) is 0 Å². The first-order chi connectivity index (χ1) is 17.3. The number of hydrogen-bond acceptors (Lipinski definition) is 5. The van der Waals surface area contributed by atoms with Crippen molar-refractivity contribution in [3.05, 3.63) is 84.4 Å². The Morgan fingerprint density at radius 3 is 2.28 bits per heavy atom. The van der Waals surface area contributed by atoms with Crippen molar-refractivity contribution in [3.8, 4) is 17.4 Å². The van der Waals surface area contributed by atoms with Crippen LogP contribution in [0.4, 0.5) is 5.69 Å². The first-order valence-electron chi connectivity index (χ1n) is 12.0. The van der Waals surface area contributed by atoms with Crippen LogP contribution in [0.5, 0.6) is 17.4 Å². The molecular weight excluding hydrogens is 454 g/mol. The predicted octanol–water partition coefficient (Wildman–Crippen LogP) is 6.80. The second-order valence-electron chi connectivity index (χ2n) is 9.51. The van der Waals surface area contributed by atoms with E-state index in [1.165, 1.54) is 5.56 Å². The minimum absolute atomic E-state index is 0.0360. The molecule has 0 saturated carbocycles. The summed E-state index contributed by atoms with van der Waals surface area (Å²) in [5.74, 6) is 0.816. The Hall–Kier alpha value is -4.13. The molecule has 1 aromatic heterocycles. The Kier molecular flexibility index (Phi) is 7.68. The van der Waals surface area contributed by atoms with Gasteiger partial charge in [0, 0.05) is 11.9 Å². The molecule has 0 aliphatic heterocycles. The Balaban J connectivity index is 1.39. The highest BCUT2D eigenvalue weighted by Gasteiger charge is 2.17. The molecule has 186 valence electrons. The number of fused-ring (bicyclic) bond motifs is 1. The lowest BCUT2D eigenvalue weighted by molar-refractivity contribution is -0.120. The minimum atomic E-state index is -0.539.